The molecule has 0 bridgehead atoms. The fraction of sp³-hybridized carbons (Fsp3) is 0.571. The molecule has 0 unspecified atom stereocenters. The molecule has 0 saturated heterocycles. The van der Waals surface area contributed by atoms with E-state index in [2.05, 4.69) is 9.97 Å². The second kappa shape index (κ2) is 6.88. The Balaban J connectivity index is 3.29. The number of hydrogen-bond donors (Lipinski definition) is 0. The SMILES string of the molecule is CC(C)(C)OC(=O)N(C(=O)OC(C)(C)C)c1ncnc(Cl)c1Cl. The first kappa shape index (κ1) is 19.4. The largest absolute Gasteiger partial charge is 0.443 e. The van der Waals surface area contributed by atoms with E-state index in [1.165, 1.54) is 0 Å². The van der Waals surface area contributed by atoms with E-state index in [1.807, 2.05) is 0 Å². The third-order valence-electron chi connectivity index (χ3n) is 2.09. The topological polar surface area (TPSA) is 81.6 Å². The molecular weight excluding hydrogens is 345 g/mol. The summed E-state index contributed by atoms with van der Waals surface area (Å²) in [5, 5.41) is -0.264. The van der Waals surface area contributed by atoms with Crippen molar-refractivity contribution in [1.29, 1.82) is 0 Å². The molecule has 1 heterocycles. The molecule has 0 fully saturated rings. The molecule has 0 aliphatic rings. The van der Waals surface area contributed by atoms with Gasteiger partial charge in [0.05, 0.1) is 0 Å². The van der Waals surface area contributed by atoms with E-state index in [0.717, 1.165) is 6.33 Å². The Morgan fingerprint density at radius 3 is 1.78 bits per heavy atom. The number of rotatable bonds is 1. The van der Waals surface area contributed by atoms with Gasteiger partial charge in [-0.15, -0.1) is 0 Å². The summed E-state index contributed by atoms with van der Waals surface area (Å²) in [5.74, 6) is -0.213. The molecule has 0 N–H and O–H groups in total. The van der Waals surface area contributed by atoms with Gasteiger partial charge in [0.15, 0.2) is 11.0 Å². The van der Waals surface area contributed by atoms with Crippen LogP contribution in [0.3, 0.4) is 0 Å². The first-order valence-corrected chi connectivity index (χ1v) is 7.49. The molecule has 9 heteroatoms. The van der Waals surface area contributed by atoms with E-state index >= 15 is 0 Å². The normalized spacial score (nSPS) is 11.8. The lowest BCUT2D eigenvalue weighted by atomic mass is 10.2. The lowest BCUT2D eigenvalue weighted by Gasteiger charge is -2.28. The number of carbonyl (C=O) groups is 2. The number of halogens is 2. The molecule has 2 amide bonds. The van der Waals surface area contributed by atoms with Crippen LogP contribution in [0.2, 0.25) is 10.2 Å². The van der Waals surface area contributed by atoms with Gasteiger partial charge in [0.25, 0.3) is 0 Å². The van der Waals surface area contributed by atoms with Crippen LogP contribution in [0.25, 0.3) is 0 Å². The van der Waals surface area contributed by atoms with E-state index < -0.39 is 23.4 Å². The smallest absolute Gasteiger partial charge is 0.425 e. The van der Waals surface area contributed by atoms with E-state index in [4.69, 9.17) is 32.7 Å². The summed E-state index contributed by atoms with van der Waals surface area (Å²) in [4.78, 5) is 32.9. The summed E-state index contributed by atoms with van der Waals surface area (Å²) in [7, 11) is 0. The molecule has 0 aromatic carbocycles. The van der Waals surface area contributed by atoms with Crippen molar-refractivity contribution in [3.63, 3.8) is 0 Å². The van der Waals surface area contributed by atoms with Crippen molar-refractivity contribution >= 4 is 41.2 Å². The highest BCUT2D eigenvalue weighted by atomic mass is 35.5. The van der Waals surface area contributed by atoms with Crippen LogP contribution in [-0.4, -0.2) is 33.4 Å². The molecule has 7 nitrogen and oxygen atoms in total. The average molecular weight is 364 g/mol. The summed E-state index contributed by atoms with van der Waals surface area (Å²) in [6.45, 7) is 9.96. The maximum atomic E-state index is 12.4. The summed E-state index contributed by atoms with van der Waals surface area (Å²) in [6, 6.07) is 0. The van der Waals surface area contributed by atoms with Crippen LogP contribution in [0.5, 0.6) is 0 Å². The minimum absolute atomic E-state index is 0.103. The molecule has 0 saturated carbocycles. The predicted molar refractivity (Wildman–Crippen MR) is 87.0 cm³/mol. The third kappa shape index (κ3) is 5.84. The highest BCUT2D eigenvalue weighted by Gasteiger charge is 2.35. The number of carbonyl (C=O) groups excluding carboxylic acids is 2. The van der Waals surface area contributed by atoms with Gasteiger partial charge < -0.3 is 9.47 Å². The Morgan fingerprint density at radius 2 is 1.39 bits per heavy atom. The third-order valence-corrected chi connectivity index (χ3v) is 2.82. The van der Waals surface area contributed by atoms with Crippen LogP contribution in [0, 0.1) is 0 Å². The van der Waals surface area contributed by atoms with E-state index in [1.54, 1.807) is 41.5 Å². The number of amides is 2. The van der Waals surface area contributed by atoms with Crippen molar-refractivity contribution in [2.24, 2.45) is 0 Å². The zero-order valence-electron chi connectivity index (χ0n) is 13.8. The van der Waals surface area contributed by atoms with Crippen molar-refractivity contribution < 1.29 is 19.1 Å². The zero-order valence-corrected chi connectivity index (χ0v) is 15.3. The van der Waals surface area contributed by atoms with Gasteiger partial charge in [-0.05, 0) is 41.5 Å². The Hall–Kier alpha value is -1.60. The van der Waals surface area contributed by atoms with Gasteiger partial charge >= 0.3 is 12.2 Å². The van der Waals surface area contributed by atoms with Gasteiger partial charge in [-0.1, -0.05) is 23.2 Å². The van der Waals surface area contributed by atoms with Crippen LogP contribution in [0.15, 0.2) is 6.33 Å². The molecular formula is C14H19Cl2N3O4. The number of hydrogen-bond acceptors (Lipinski definition) is 6. The second-order valence-electron chi connectivity index (χ2n) is 6.60. The molecule has 0 radical (unpaired) electrons. The summed E-state index contributed by atoms with van der Waals surface area (Å²) in [6.07, 6.45) is -0.891. The molecule has 0 aliphatic heterocycles. The van der Waals surface area contributed by atoms with E-state index in [-0.39, 0.29) is 16.0 Å². The van der Waals surface area contributed by atoms with Crippen LogP contribution >= 0.6 is 23.2 Å². The lowest BCUT2D eigenvalue weighted by Crippen LogP contribution is -2.44. The Bertz CT molecular complexity index is 581. The molecule has 1 aromatic heterocycles. The van der Waals surface area contributed by atoms with Gasteiger partial charge in [-0.3, -0.25) is 0 Å². The van der Waals surface area contributed by atoms with Crippen LogP contribution < -0.4 is 4.90 Å². The summed E-state index contributed by atoms with van der Waals surface area (Å²) in [5.41, 5.74) is -1.67. The first-order valence-electron chi connectivity index (χ1n) is 6.74. The quantitative estimate of drug-likeness (QED) is 0.685. The average Bonchev–Trinajstić information content (AvgIpc) is 2.30. The van der Waals surface area contributed by atoms with Gasteiger partial charge in [-0.2, -0.15) is 4.90 Å². The Kier molecular flexibility index (Phi) is 5.82. The van der Waals surface area contributed by atoms with E-state index in [9.17, 15) is 9.59 Å². The highest BCUT2D eigenvalue weighted by Crippen LogP contribution is 2.30. The molecule has 23 heavy (non-hydrogen) atoms. The zero-order chi connectivity index (χ0) is 18.0. The Labute approximate surface area is 144 Å². The van der Waals surface area contributed by atoms with Crippen molar-refractivity contribution in [2.45, 2.75) is 52.7 Å². The fourth-order valence-electron chi connectivity index (χ4n) is 1.36. The van der Waals surface area contributed by atoms with Crippen molar-refractivity contribution in [3.05, 3.63) is 16.5 Å². The predicted octanol–water partition coefficient (Wildman–Crippen LogP) is 4.46. The fourth-order valence-corrected chi connectivity index (χ4v) is 1.67. The van der Waals surface area contributed by atoms with Gasteiger partial charge in [-0.25, -0.2) is 19.6 Å². The minimum Gasteiger partial charge on any atom is -0.443 e. The van der Waals surface area contributed by atoms with Gasteiger partial charge in [0.2, 0.25) is 0 Å². The first-order chi connectivity index (χ1) is 10.3. The molecule has 1 aromatic rings. The van der Waals surface area contributed by atoms with Gasteiger partial charge in [0.1, 0.15) is 22.6 Å². The number of nitrogens with zero attached hydrogens (tertiary/aromatic N) is 3. The molecule has 0 spiro atoms. The Morgan fingerprint density at radius 1 is 0.957 bits per heavy atom. The van der Waals surface area contributed by atoms with Crippen LogP contribution in [-0.2, 0) is 9.47 Å². The number of aromatic nitrogens is 2. The van der Waals surface area contributed by atoms with Crippen molar-refractivity contribution in [1.82, 2.24) is 9.97 Å². The molecule has 128 valence electrons. The van der Waals surface area contributed by atoms with Gasteiger partial charge in [0, 0.05) is 0 Å². The summed E-state index contributed by atoms with van der Waals surface area (Å²) >= 11 is 11.8. The van der Waals surface area contributed by atoms with Crippen LogP contribution in [0.1, 0.15) is 41.5 Å². The van der Waals surface area contributed by atoms with Crippen molar-refractivity contribution in [2.75, 3.05) is 4.90 Å². The van der Waals surface area contributed by atoms with E-state index in [0.29, 0.717) is 4.90 Å². The number of anilines is 1. The van der Waals surface area contributed by atoms with Crippen molar-refractivity contribution in [3.8, 4) is 0 Å². The maximum Gasteiger partial charge on any atom is 0.425 e. The summed E-state index contributed by atoms with van der Waals surface area (Å²) < 4.78 is 10.4. The lowest BCUT2D eigenvalue weighted by molar-refractivity contribution is 0.0429. The monoisotopic (exact) mass is 363 g/mol. The number of ether oxygens (including phenoxy) is 2. The highest BCUT2D eigenvalue weighted by molar-refractivity contribution is 6.43. The minimum atomic E-state index is -0.983. The molecule has 0 atom stereocenters. The maximum absolute atomic E-state index is 12.4. The standard InChI is InChI=1S/C14H19Cl2N3O4/c1-13(2,3)22-11(20)19(12(21)23-14(4,5)6)10-8(15)9(16)17-7-18-10/h7H,1-6H3. The molecule has 0 aliphatic carbocycles. The number of imide groups is 1. The van der Waals surface area contributed by atoms with Crippen LogP contribution in [0.4, 0.5) is 15.4 Å². The molecule has 1 rings (SSSR count). The second-order valence-corrected chi connectivity index (χ2v) is 7.33.